The molecule has 102 valence electrons. The van der Waals surface area contributed by atoms with Crippen molar-refractivity contribution in [2.45, 2.75) is 11.1 Å². The van der Waals surface area contributed by atoms with E-state index in [2.05, 4.69) is 4.98 Å². The number of aryl methyl sites for hydroxylation is 1. The van der Waals surface area contributed by atoms with Gasteiger partial charge in [-0.05, 0) is 0 Å². The van der Waals surface area contributed by atoms with Gasteiger partial charge < -0.3 is 14.4 Å². The van der Waals surface area contributed by atoms with E-state index >= 15 is 0 Å². The van der Waals surface area contributed by atoms with Gasteiger partial charge in [0.05, 0.1) is 32.2 Å². The molecule has 1 atom stereocenters. The summed E-state index contributed by atoms with van der Waals surface area (Å²) in [5.74, 6) is 0. The number of ether oxygens (including phenoxy) is 1. The molecule has 1 aliphatic rings. The van der Waals surface area contributed by atoms with Gasteiger partial charge in [-0.15, -0.1) is 0 Å². The largest absolute Gasteiger partial charge is 0.395 e. The summed E-state index contributed by atoms with van der Waals surface area (Å²) in [7, 11) is -2.20. The zero-order chi connectivity index (χ0) is 13.3. The van der Waals surface area contributed by atoms with Crippen molar-refractivity contribution >= 4 is 21.6 Å². The third-order valence-electron chi connectivity index (χ3n) is 2.77. The minimum absolute atomic E-state index is 0.0539. The van der Waals surface area contributed by atoms with Crippen LogP contribution in [0.4, 0.5) is 0 Å². The van der Waals surface area contributed by atoms with E-state index in [1.807, 2.05) is 0 Å². The van der Waals surface area contributed by atoms with Gasteiger partial charge in [0.2, 0.25) is 5.03 Å². The molecule has 2 heterocycles. The third kappa shape index (κ3) is 2.26. The molecular formula is C9H14ClN3O4S. The summed E-state index contributed by atoms with van der Waals surface area (Å²) in [4.78, 5) is 3.81. The number of hydrogen-bond acceptors (Lipinski definition) is 5. The quantitative estimate of drug-likeness (QED) is 0.809. The summed E-state index contributed by atoms with van der Waals surface area (Å²) < 4.78 is 32.5. The van der Waals surface area contributed by atoms with Gasteiger partial charge in [0.15, 0.2) is 0 Å². The lowest BCUT2D eigenvalue weighted by atomic mass is 10.3. The number of nitrogens with zero attached hydrogens (tertiary/aromatic N) is 3. The fourth-order valence-electron chi connectivity index (χ4n) is 1.78. The lowest BCUT2D eigenvalue weighted by Gasteiger charge is -2.32. The molecule has 1 fully saturated rings. The van der Waals surface area contributed by atoms with Gasteiger partial charge >= 0.3 is 0 Å². The number of hydrogen-bond donors (Lipinski definition) is 1. The Balaban J connectivity index is 2.38. The van der Waals surface area contributed by atoms with E-state index in [0.29, 0.717) is 6.61 Å². The first-order valence-electron chi connectivity index (χ1n) is 5.35. The summed E-state index contributed by atoms with van der Waals surface area (Å²) in [5.41, 5.74) is 0. The van der Waals surface area contributed by atoms with E-state index in [9.17, 15) is 13.5 Å². The van der Waals surface area contributed by atoms with Gasteiger partial charge in [-0.3, -0.25) is 0 Å². The molecule has 1 aromatic rings. The van der Waals surface area contributed by atoms with Gasteiger partial charge in [0.1, 0.15) is 5.15 Å². The minimum Gasteiger partial charge on any atom is -0.395 e. The van der Waals surface area contributed by atoms with E-state index in [0.717, 1.165) is 0 Å². The molecule has 7 nitrogen and oxygen atoms in total. The second-order valence-corrected chi connectivity index (χ2v) is 6.14. The Kier molecular flexibility index (Phi) is 3.93. The first kappa shape index (κ1) is 13.8. The van der Waals surface area contributed by atoms with Crippen molar-refractivity contribution in [1.29, 1.82) is 0 Å². The van der Waals surface area contributed by atoms with Gasteiger partial charge in [-0.2, -0.15) is 4.31 Å². The van der Waals surface area contributed by atoms with Gasteiger partial charge in [-0.1, -0.05) is 11.6 Å². The fourth-order valence-corrected chi connectivity index (χ4v) is 3.76. The second-order valence-electron chi connectivity index (χ2n) is 3.98. The normalized spacial score (nSPS) is 22.3. The molecule has 0 amide bonds. The van der Waals surface area contributed by atoms with Crippen LogP contribution in [-0.2, 0) is 21.8 Å². The molecule has 0 spiro atoms. The van der Waals surface area contributed by atoms with Crippen LogP contribution in [0.15, 0.2) is 11.4 Å². The van der Waals surface area contributed by atoms with E-state index < -0.39 is 16.1 Å². The number of aliphatic hydroxyl groups excluding tert-OH is 1. The smallest absolute Gasteiger partial charge is 0.264 e. The first-order valence-corrected chi connectivity index (χ1v) is 7.17. The molecule has 1 N–H and O–H groups in total. The average Bonchev–Trinajstić information content (AvgIpc) is 2.70. The van der Waals surface area contributed by atoms with Gasteiger partial charge in [-0.25, -0.2) is 13.4 Å². The molecule has 0 bridgehead atoms. The lowest BCUT2D eigenvalue weighted by Crippen LogP contribution is -2.50. The first-order chi connectivity index (χ1) is 8.48. The monoisotopic (exact) mass is 295 g/mol. The van der Waals surface area contributed by atoms with Crippen LogP contribution < -0.4 is 0 Å². The Hall–Kier alpha value is -0.670. The number of halogens is 1. The summed E-state index contributed by atoms with van der Waals surface area (Å²) >= 11 is 5.90. The van der Waals surface area contributed by atoms with Crippen LogP contribution >= 0.6 is 11.6 Å². The van der Waals surface area contributed by atoms with Crippen molar-refractivity contribution in [3.63, 3.8) is 0 Å². The van der Waals surface area contributed by atoms with E-state index in [-0.39, 0.29) is 29.9 Å². The Labute approximate surface area is 110 Å². The van der Waals surface area contributed by atoms with Gasteiger partial charge in [0, 0.05) is 13.6 Å². The van der Waals surface area contributed by atoms with Crippen molar-refractivity contribution in [3.8, 4) is 0 Å². The number of sulfonamides is 1. The maximum absolute atomic E-state index is 12.4. The van der Waals surface area contributed by atoms with E-state index in [1.54, 1.807) is 7.05 Å². The highest BCUT2D eigenvalue weighted by Crippen LogP contribution is 2.25. The minimum atomic E-state index is -3.80. The molecule has 1 aliphatic heterocycles. The van der Waals surface area contributed by atoms with Crippen LogP contribution in [0.2, 0.25) is 5.15 Å². The van der Waals surface area contributed by atoms with Crippen molar-refractivity contribution < 1.29 is 18.3 Å². The zero-order valence-corrected chi connectivity index (χ0v) is 11.4. The standard InChI is InChI=1S/C9H14ClN3O4S/c1-12-6-11-9(8(12)10)18(15,16)13-2-3-17-5-7(13)4-14/h6-7,14H,2-5H2,1H3. The highest BCUT2D eigenvalue weighted by molar-refractivity contribution is 7.89. The summed E-state index contributed by atoms with van der Waals surface area (Å²) in [6.07, 6.45) is 1.34. The molecule has 0 aromatic carbocycles. The molecule has 0 aliphatic carbocycles. The van der Waals surface area contributed by atoms with Crippen molar-refractivity contribution in [1.82, 2.24) is 13.9 Å². The van der Waals surface area contributed by atoms with Crippen molar-refractivity contribution in [3.05, 3.63) is 11.5 Å². The Morgan fingerprint density at radius 2 is 2.39 bits per heavy atom. The van der Waals surface area contributed by atoms with E-state index in [1.165, 1.54) is 15.2 Å². The summed E-state index contributed by atoms with van der Waals surface area (Å²) in [5, 5.41) is 9.07. The highest BCUT2D eigenvalue weighted by Gasteiger charge is 2.36. The van der Waals surface area contributed by atoms with Crippen LogP contribution in [-0.4, -0.2) is 59.8 Å². The number of aliphatic hydroxyl groups is 1. The lowest BCUT2D eigenvalue weighted by molar-refractivity contribution is 0.0108. The number of morpholine rings is 1. The molecule has 0 radical (unpaired) electrons. The van der Waals surface area contributed by atoms with Crippen LogP contribution in [0.1, 0.15) is 0 Å². The maximum atomic E-state index is 12.4. The maximum Gasteiger partial charge on any atom is 0.264 e. The van der Waals surface area contributed by atoms with Crippen LogP contribution in [0.25, 0.3) is 0 Å². The van der Waals surface area contributed by atoms with Crippen LogP contribution in [0.5, 0.6) is 0 Å². The van der Waals surface area contributed by atoms with Gasteiger partial charge in [0.25, 0.3) is 10.0 Å². The Morgan fingerprint density at radius 3 is 2.94 bits per heavy atom. The molecule has 2 rings (SSSR count). The topological polar surface area (TPSA) is 84.7 Å². The summed E-state index contributed by atoms with van der Waals surface area (Å²) in [6, 6.07) is -0.596. The van der Waals surface area contributed by atoms with Crippen molar-refractivity contribution in [2.75, 3.05) is 26.4 Å². The predicted molar refractivity (Wildman–Crippen MR) is 63.8 cm³/mol. The molecule has 9 heteroatoms. The Bertz CT molecular complexity index is 530. The Morgan fingerprint density at radius 1 is 1.67 bits per heavy atom. The molecule has 1 saturated heterocycles. The average molecular weight is 296 g/mol. The van der Waals surface area contributed by atoms with Crippen LogP contribution in [0.3, 0.4) is 0 Å². The molecule has 0 saturated carbocycles. The van der Waals surface area contributed by atoms with E-state index in [4.69, 9.17) is 16.3 Å². The second kappa shape index (κ2) is 5.14. The number of rotatable bonds is 3. The molecule has 18 heavy (non-hydrogen) atoms. The molecule has 1 unspecified atom stereocenters. The fraction of sp³-hybridized carbons (Fsp3) is 0.667. The number of imidazole rings is 1. The van der Waals surface area contributed by atoms with Crippen molar-refractivity contribution in [2.24, 2.45) is 7.05 Å². The molecule has 1 aromatic heterocycles. The zero-order valence-electron chi connectivity index (χ0n) is 9.78. The SMILES string of the molecule is Cn1cnc(S(=O)(=O)N2CCOCC2CO)c1Cl. The highest BCUT2D eigenvalue weighted by atomic mass is 35.5. The molecular weight excluding hydrogens is 282 g/mol. The predicted octanol–water partition coefficient (Wildman–Crippen LogP) is -0.545. The van der Waals surface area contributed by atoms with Crippen LogP contribution in [0, 0.1) is 0 Å². The number of aromatic nitrogens is 2. The third-order valence-corrected chi connectivity index (χ3v) is 5.21. The summed E-state index contributed by atoms with van der Waals surface area (Å²) in [6.45, 7) is 0.338.